The highest BCUT2D eigenvalue weighted by Crippen LogP contribution is 2.30. The number of carbonyl (C=O) groups is 1. The fourth-order valence-electron chi connectivity index (χ4n) is 2.29. The first-order valence-corrected chi connectivity index (χ1v) is 9.53. The number of nitrogens with one attached hydrogen (secondary N) is 2. The molecule has 0 aliphatic carbocycles. The smallest absolute Gasteiger partial charge is 0.264 e. The second kappa shape index (κ2) is 8.42. The largest absolute Gasteiger partial charge is 0.490 e. The Morgan fingerprint density at radius 3 is 2.58 bits per heavy atom. The highest BCUT2D eigenvalue weighted by Gasteiger charge is 2.22. The van der Waals surface area contributed by atoms with Crippen molar-refractivity contribution in [1.82, 2.24) is 5.32 Å². The lowest BCUT2D eigenvalue weighted by molar-refractivity contribution is -0.115. The average molecular weight is 433 g/mol. The van der Waals surface area contributed by atoms with Gasteiger partial charge in [-0.05, 0) is 55.1 Å². The van der Waals surface area contributed by atoms with Crippen LogP contribution in [0.4, 0.5) is 0 Å². The number of aryl methyl sites for hydroxylation is 1. The summed E-state index contributed by atoms with van der Waals surface area (Å²) in [4.78, 5) is 12.3. The molecule has 0 radical (unpaired) electrons. The molecular formula is C19H17BrN2O3S. The van der Waals surface area contributed by atoms with Gasteiger partial charge >= 0.3 is 0 Å². The molecule has 1 aliphatic heterocycles. The Labute approximate surface area is 164 Å². The lowest BCUT2D eigenvalue weighted by Gasteiger charge is -2.11. The summed E-state index contributed by atoms with van der Waals surface area (Å²) in [5.41, 5.74) is 1.95. The number of rotatable bonds is 6. The van der Waals surface area contributed by atoms with Crippen molar-refractivity contribution in [2.45, 2.75) is 6.92 Å². The summed E-state index contributed by atoms with van der Waals surface area (Å²) in [7, 11) is 0. The van der Waals surface area contributed by atoms with Crippen LogP contribution < -0.4 is 14.8 Å². The molecular weight excluding hydrogens is 416 g/mol. The van der Waals surface area contributed by atoms with Crippen LogP contribution in [0.15, 0.2) is 51.8 Å². The van der Waals surface area contributed by atoms with Gasteiger partial charge in [-0.2, -0.15) is 0 Å². The zero-order chi connectivity index (χ0) is 18.5. The van der Waals surface area contributed by atoms with E-state index in [1.165, 1.54) is 5.56 Å². The molecule has 1 saturated heterocycles. The Hall–Kier alpha value is -2.25. The van der Waals surface area contributed by atoms with Crippen molar-refractivity contribution in [2.24, 2.45) is 0 Å². The van der Waals surface area contributed by atoms with E-state index >= 15 is 0 Å². The maximum Gasteiger partial charge on any atom is 0.264 e. The number of ether oxygens (including phenoxy) is 2. The molecule has 7 heteroatoms. The third-order valence-corrected chi connectivity index (χ3v) is 4.87. The molecule has 5 nitrogen and oxygen atoms in total. The van der Waals surface area contributed by atoms with Crippen molar-refractivity contribution in [3.8, 4) is 11.5 Å². The predicted molar refractivity (Wildman–Crippen MR) is 108 cm³/mol. The first-order chi connectivity index (χ1) is 12.5. The molecule has 2 aromatic rings. The van der Waals surface area contributed by atoms with Crippen molar-refractivity contribution < 1.29 is 14.3 Å². The van der Waals surface area contributed by atoms with Gasteiger partial charge in [0, 0.05) is 10.0 Å². The molecule has 3 rings (SSSR count). The molecule has 0 atom stereocenters. The van der Waals surface area contributed by atoms with Gasteiger partial charge in [0.1, 0.15) is 24.7 Å². The number of halogens is 1. The molecule has 1 heterocycles. The van der Waals surface area contributed by atoms with E-state index in [4.69, 9.17) is 14.9 Å². The molecule has 0 saturated carbocycles. The molecule has 26 heavy (non-hydrogen) atoms. The zero-order valence-corrected chi connectivity index (χ0v) is 16.4. The van der Waals surface area contributed by atoms with E-state index in [9.17, 15) is 4.79 Å². The van der Waals surface area contributed by atoms with Gasteiger partial charge in [0.05, 0.1) is 4.91 Å². The summed E-state index contributed by atoms with van der Waals surface area (Å²) in [6, 6.07) is 13.4. The van der Waals surface area contributed by atoms with Crippen LogP contribution >= 0.6 is 27.7 Å². The number of benzene rings is 2. The fourth-order valence-corrected chi connectivity index (χ4v) is 3.36. The number of hydrogen-bond acceptors (Lipinski definition) is 5. The van der Waals surface area contributed by atoms with Crippen molar-refractivity contribution in [3.05, 3.63) is 63.0 Å². The zero-order valence-electron chi connectivity index (χ0n) is 14.0. The van der Waals surface area contributed by atoms with Gasteiger partial charge < -0.3 is 14.8 Å². The number of thioether (sulfide) groups is 1. The lowest BCUT2D eigenvalue weighted by Crippen LogP contribution is -2.18. The van der Waals surface area contributed by atoms with Gasteiger partial charge in [0.15, 0.2) is 5.17 Å². The summed E-state index contributed by atoms with van der Waals surface area (Å²) in [5, 5.41) is 10.1. The molecule has 0 aromatic heterocycles. The quantitative estimate of drug-likeness (QED) is 0.525. The Kier molecular flexibility index (Phi) is 6.00. The van der Waals surface area contributed by atoms with Crippen LogP contribution in [0.5, 0.6) is 11.5 Å². The molecule has 0 bridgehead atoms. The van der Waals surface area contributed by atoms with Gasteiger partial charge in [0.25, 0.3) is 5.91 Å². The molecule has 2 N–H and O–H groups in total. The van der Waals surface area contributed by atoms with Crippen molar-refractivity contribution in [2.75, 3.05) is 13.2 Å². The Bertz CT molecular complexity index is 866. The Balaban J connectivity index is 1.64. The average Bonchev–Trinajstić information content (AvgIpc) is 2.92. The maximum atomic E-state index is 11.8. The normalized spacial score (nSPS) is 15.2. The molecule has 1 aliphatic rings. The lowest BCUT2D eigenvalue weighted by atomic mass is 10.2. The van der Waals surface area contributed by atoms with Gasteiger partial charge in [-0.1, -0.05) is 33.6 Å². The van der Waals surface area contributed by atoms with Crippen molar-refractivity contribution >= 4 is 44.8 Å². The van der Waals surface area contributed by atoms with Crippen LogP contribution in [-0.2, 0) is 4.79 Å². The molecule has 2 aromatic carbocycles. The van der Waals surface area contributed by atoms with Gasteiger partial charge in [-0.15, -0.1) is 0 Å². The molecule has 0 spiro atoms. The second-order valence-electron chi connectivity index (χ2n) is 5.59. The minimum atomic E-state index is -0.270. The summed E-state index contributed by atoms with van der Waals surface area (Å²) < 4.78 is 12.4. The fraction of sp³-hybridized carbons (Fsp3) is 0.158. The summed E-state index contributed by atoms with van der Waals surface area (Å²) in [6.45, 7) is 2.82. The van der Waals surface area contributed by atoms with E-state index < -0.39 is 0 Å². The van der Waals surface area contributed by atoms with Crippen LogP contribution in [0.25, 0.3) is 6.08 Å². The first-order valence-electron chi connectivity index (χ1n) is 7.92. The van der Waals surface area contributed by atoms with Crippen molar-refractivity contribution in [1.29, 1.82) is 5.41 Å². The van der Waals surface area contributed by atoms with E-state index in [0.29, 0.717) is 23.9 Å². The Morgan fingerprint density at radius 1 is 1.15 bits per heavy atom. The first kappa shape index (κ1) is 18.5. The van der Waals surface area contributed by atoms with Crippen molar-refractivity contribution in [3.63, 3.8) is 0 Å². The standard InChI is InChI=1S/C19H17BrN2O3S/c1-12-2-5-15(6-3-12)24-8-9-25-16-7-4-14(20)10-13(16)11-17-18(23)22-19(21)26-17/h2-7,10-11H,8-9H2,1H3,(H2,21,22,23)/b17-11-. The molecule has 134 valence electrons. The second-order valence-corrected chi connectivity index (χ2v) is 7.55. The van der Waals surface area contributed by atoms with Crippen LogP contribution in [0, 0.1) is 12.3 Å². The third-order valence-electron chi connectivity index (χ3n) is 3.55. The van der Waals surface area contributed by atoms with Crippen LogP contribution in [0.3, 0.4) is 0 Å². The van der Waals surface area contributed by atoms with E-state index in [1.54, 1.807) is 6.08 Å². The minimum Gasteiger partial charge on any atom is -0.490 e. The SMILES string of the molecule is Cc1ccc(OCCOc2ccc(Br)cc2/C=C2\SC(=N)NC2=O)cc1. The van der Waals surface area contributed by atoms with Crippen LogP contribution in [0.2, 0.25) is 0 Å². The molecule has 1 fully saturated rings. The minimum absolute atomic E-state index is 0.130. The van der Waals surface area contributed by atoms with E-state index in [1.807, 2.05) is 49.4 Å². The third kappa shape index (κ3) is 4.89. The topological polar surface area (TPSA) is 71.4 Å². The number of hydrogen-bond donors (Lipinski definition) is 2. The van der Waals surface area contributed by atoms with Gasteiger partial charge in [-0.25, -0.2) is 0 Å². The molecule has 0 unspecified atom stereocenters. The monoisotopic (exact) mass is 432 g/mol. The van der Waals surface area contributed by atoms with Crippen LogP contribution in [0.1, 0.15) is 11.1 Å². The van der Waals surface area contributed by atoms with E-state index in [2.05, 4.69) is 21.2 Å². The van der Waals surface area contributed by atoms with Gasteiger partial charge in [-0.3, -0.25) is 10.2 Å². The van der Waals surface area contributed by atoms with E-state index in [0.717, 1.165) is 27.5 Å². The summed E-state index contributed by atoms with van der Waals surface area (Å²) in [6.07, 6.45) is 1.72. The highest BCUT2D eigenvalue weighted by molar-refractivity contribution is 9.10. The summed E-state index contributed by atoms with van der Waals surface area (Å²) in [5.74, 6) is 1.18. The maximum absolute atomic E-state index is 11.8. The Morgan fingerprint density at radius 2 is 1.88 bits per heavy atom. The number of amides is 1. The summed E-state index contributed by atoms with van der Waals surface area (Å²) >= 11 is 4.53. The van der Waals surface area contributed by atoms with Gasteiger partial charge in [0.2, 0.25) is 0 Å². The number of carbonyl (C=O) groups excluding carboxylic acids is 1. The van der Waals surface area contributed by atoms with E-state index in [-0.39, 0.29) is 11.1 Å². The molecule has 1 amide bonds. The highest BCUT2D eigenvalue weighted by atomic mass is 79.9. The predicted octanol–water partition coefficient (Wildman–Crippen LogP) is 4.35. The van der Waals surface area contributed by atoms with Crippen LogP contribution in [-0.4, -0.2) is 24.3 Å². The number of amidine groups is 1.